The highest BCUT2D eigenvalue weighted by atomic mass is 32.2. The van der Waals surface area contributed by atoms with Crippen molar-refractivity contribution < 1.29 is 36.6 Å². The van der Waals surface area contributed by atoms with Crippen molar-refractivity contribution in [2.24, 2.45) is 0 Å². The molecule has 3 heterocycles. The van der Waals surface area contributed by atoms with E-state index in [0.29, 0.717) is 24.7 Å². The summed E-state index contributed by atoms with van der Waals surface area (Å²) in [7, 11) is -3.93. The van der Waals surface area contributed by atoms with Gasteiger partial charge >= 0.3 is 5.97 Å². The second kappa shape index (κ2) is 9.67. The smallest absolute Gasteiger partial charge is 0.374 e. The molecule has 176 valence electrons. The van der Waals surface area contributed by atoms with Crippen LogP contribution in [0.1, 0.15) is 23.0 Å². The molecule has 0 saturated carbocycles. The largest absolute Gasteiger partial charge is 0.486 e. The molecule has 1 aromatic heterocycles. The fraction of sp³-hybridized carbons (Fsp3) is 0.364. The number of carbonyl (C=O) groups is 2. The van der Waals surface area contributed by atoms with Gasteiger partial charge in [0.05, 0.1) is 6.61 Å². The Kier molecular flexibility index (Phi) is 6.70. The number of fused-ring (bicyclic) bond motifs is 1. The van der Waals surface area contributed by atoms with Gasteiger partial charge in [0.15, 0.2) is 11.5 Å². The molecule has 0 radical (unpaired) electrons. The third kappa shape index (κ3) is 5.04. The molecule has 1 saturated heterocycles. The molecular weight excluding hydrogens is 452 g/mol. The highest BCUT2D eigenvalue weighted by molar-refractivity contribution is 7.89. The Hall–Kier alpha value is -3.31. The second-order valence-electron chi connectivity index (χ2n) is 7.30. The zero-order valence-corrected chi connectivity index (χ0v) is 18.9. The van der Waals surface area contributed by atoms with Crippen molar-refractivity contribution in [3.8, 4) is 11.5 Å². The average molecular weight is 477 g/mol. The first-order chi connectivity index (χ1) is 15.9. The van der Waals surface area contributed by atoms with Crippen LogP contribution in [0.4, 0.5) is 0 Å². The first-order valence-corrected chi connectivity index (χ1v) is 12.0. The van der Waals surface area contributed by atoms with Crippen molar-refractivity contribution in [2.75, 3.05) is 46.0 Å². The Labute approximate surface area is 191 Å². The fourth-order valence-corrected chi connectivity index (χ4v) is 4.82. The molecule has 2 aliphatic rings. The van der Waals surface area contributed by atoms with Crippen molar-refractivity contribution in [3.63, 3.8) is 0 Å². The SMILES string of the molecule is CCOC(=O)c1ccc(S(=O)(=O)N2CCN(C(=O)/C=C/c3ccc4c(c3)OCCO4)CC2)o1. The topological polar surface area (TPSA) is 116 Å². The number of sulfonamides is 1. The normalized spacial score (nSPS) is 16.7. The van der Waals surface area contributed by atoms with Gasteiger partial charge in [0, 0.05) is 32.3 Å². The van der Waals surface area contributed by atoms with Crippen LogP contribution in [0.25, 0.3) is 6.08 Å². The van der Waals surface area contributed by atoms with Gasteiger partial charge in [-0.2, -0.15) is 4.31 Å². The number of amides is 1. The molecule has 0 atom stereocenters. The molecule has 33 heavy (non-hydrogen) atoms. The molecule has 0 unspecified atom stereocenters. The molecule has 0 spiro atoms. The van der Waals surface area contributed by atoms with E-state index in [2.05, 4.69) is 0 Å². The van der Waals surface area contributed by atoms with Gasteiger partial charge in [0.25, 0.3) is 10.0 Å². The number of furan rings is 1. The Morgan fingerprint density at radius 1 is 1.03 bits per heavy atom. The van der Waals surface area contributed by atoms with Gasteiger partial charge in [-0.1, -0.05) is 6.07 Å². The third-order valence-corrected chi connectivity index (χ3v) is 6.96. The van der Waals surface area contributed by atoms with Gasteiger partial charge in [-0.15, -0.1) is 0 Å². The molecule has 1 aromatic carbocycles. The maximum absolute atomic E-state index is 12.8. The third-order valence-electron chi connectivity index (χ3n) is 5.19. The summed E-state index contributed by atoms with van der Waals surface area (Å²) in [6.07, 6.45) is 3.14. The number of esters is 1. The van der Waals surface area contributed by atoms with Crippen molar-refractivity contribution in [1.82, 2.24) is 9.21 Å². The van der Waals surface area contributed by atoms with Gasteiger partial charge in [0.1, 0.15) is 13.2 Å². The van der Waals surface area contributed by atoms with E-state index >= 15 is 0 Å². The number of nitrogens with zero attached hydrogens (tertiary/aromatic N) is 2. The molecule has 0 bridgehead atoms. The average Bonchev–Trinajstić information content (AvgIpc) is 3.34. The zero-order valence-electron chi connectivity index (χ0n) is 18.1. The van der Waals surface area contributed by atoms with Crippen LogP contribution in [-0.4, -0.2) is 75.5 Å². The number of carbonyl (C=O) groups excluding carboxylic acids is 2. The Bertz CT molecular complexity index is 1160. The number of ether oxygens (including phenoxy) is 3. The van der Waals surface area contributed by atoms with E-state index in [9.17, 15) is 18.0 Å². The molecule has 1 amide bonds. The summed E-state index contributed by atoms with van der Waals surface area (Å²) in [6, 6.07) is 7.93. The summed E-state index contributed by atoms with van der Waals surface area (Å²) >= 11 is 0. The van der Waals surface area contributed by atoms with Gasteiger partial charge in [-0.25, -0.2) is 13.2 Å². The molecule has 2 aliphatic heterocycles. The van der Waals surface area contributed by atoms with Crippen LogP contribution in [0.2, 0.25) is 0 Å². The summed E-state index contributed by atoms with van der Waals surface area (Å²) in [5.41, 5.74) is 0.795. The van der Waals surface area contributed by atoms with Gasteiger partial charge in [-0.05, 0) is 42.8 Å². The van der Waals surface area contributed by atoms with Crippen LogP contribution in [-0.2, 0) is 19.6 Å². The van der Waals surface area contributed by atoms with E-state index in [0.717, 1.165) is 5.56 Å². The molecule has 2 aromatic rings. The highest BCUT2D eigenvalue weighted by Crippen LogP contribution is 2.31. The lowest BCUT2D eigenvalue weighted by Crippen LogP contribution is -2.50. The Morgan fingerprint density at radius 3 is 2.48 bits per heavy atom. The fourth-order valence-electron chi connectivity index (χ4n) is 3.48. The summed E-state index contributed by atoms with van der Waals surface area (Å²) in [5, 5.41) is -0.330. The van der Waals surface area contributed by atoms with E-state index in [-0.39, 0.29) is 49.5 Å². The first kappa shape index (κ1) is 22.9. The second-order valence-corrected chi connectivity index (χ2v) is 9.17. The molecule has 0 aliphatic carbocycles. The minimum atomic E-state index is -3.93. The zero-order chi connectivity index (χ0) is 23.4. The van der Waals surface area contributed by atoms with Crippen LogP contribution in [0.15, 0.2) is 45.9 Å². The maximum Gasteiger partial charge on any atom is 0.374 e. The van der Waals surface area contributed by atoms with Crippen molar-refractivity contribution in [2.45, 2.75) is 12.0 Å². The number of piperazine rings is 1. The van der Waals surface area contributed by atoms with Crippen LogP contribution in [0.3, 0.4) is 0 Å². The lowest BCUT2D eigenvalue weighted by molar-refractivity contribution is -0.127. The van der Waals surface area contributed by atoms with Gasteiger partial charge in [0.2, 0.25) is 16.8 Å². The molecule has 10 nitrogen and oxygen atoms in total. The molecule has 11 heteroatoms. The standard InChI is InChI=1S/C22H24N2O8S/c1-2-29-22(26)18-6-8-21(32-18)33(27,28)24-11-9-23(10-12-24)20(25)7-4-16-3-5-17-19(15-16)31-14-13-30-17/h3-8,15H,2,9-14H2,1H3/b7-4+. The molecule has 1 fully saturated rings. The quantitative estimate of drug-likeness (QED) is 0.458. The summed E-state index contributed by atoms with van der Waals surface area (Å²) in [5.74, 6) is 0.198. The van der Waals surface area contributed by atoms with Gasteiger partial charge < -0.3 is 23.5 Å². The van der Waals surface area contributed by atoms with Crippen LogP contribution < -0.4 is 9.47 Å². The van der Waals surface area contributed by atoms with Crippen molar-refractivity contribution in [1.29, 1.82) is 0 Å². The summed E-state index contributed by atoms with van der Waals surface area (Å²) in [4.78, 5) is 25.9. The van der Waals surface area contributed by atoms with Crippen LogP contribution >= 0.6 is 0 Å². The predicted octanol–water partition coefficient (Wildman–Crippen LogP) is 1.77. The summed E-state index contributed by atoms with van der Waals surface area (Å²) in [6.45, 7) is 3.47. The predicted molar refractivity (Wildman–Crippen MR) is 116 cm³/mol. The van der Waals surface area contributed by atoms with E-state index in [1.165, 1.54) is 22.5 Å². The molecule has 4 rings (SSSR count). The van der Waals surface area contributed by atoms with E-state index in [1.54, 1.807) is 30.0 Å². The minimum absolute atomic E-state index is 0.112. The molecule has 0 N–H and O–H groups in total. The number of hydrogen-bond acceptors (Lipinski definition) is 8. The number of benzene rings is 1. The van der Waals surface area contributed by atoms with E-state index < -0.39 is 16.0 Å². The van der Waals surface area contributed by atoms with Crippen LogP contribution in [0.5, 0.6) is 11.5 Å². The monoisotopic (exact) mass is 476 g/mol. The lowest BCUT2D eigenvalue weighted by atomic mass is 10.1. The number of rotatable bonds is 6. The molecular formula is C22H24N2O8S. The lowest BCUT2D eigenvalue weighted by Gasteiger charge is -2.32. The van der Waals surface area contributed by atoms with Crippen molar-refractivity contribution >= 4 is 28.0 Å². The Balaban J connectivity index is 1.35. The highest BCUT2D eigenvalue weighted by Gasteiger charge is 2.32. The van der Waals surface area contributed by atoms with Crippen LogP contribution in [0, 0.1) is 0 Å². The number of hydrogen-bond donors (Lipinski definition) is 0. The van der Waals surface area contributed by atoms with E-state index in [1.807, 2.05) is 6.07 Å². The van der Waals surface area contributed by atoms with Crippen molar-refractivity contribution in [3.05, 3.63) is 47.7 Å². The van der Waals surface area contributed by atoms with E-state index in [4.69, 9.17) is 18.6 Å². The first-order valence-electron chi connectivity index (χ1n) is 10.5. The minimum Gasteiger partial charge on any atom is -0.486 e. The maximum atomic E-state index is 12.8. The summed E-state index contributed by atoms with van der Waals surface area (Å²) < 4.78 is 47.9. The Morgan fingerprint density at radius 2 is 1.76 bits per heavy atom. The van der Waals surface area contributed by atoms with Gasteiger partial charge in [-0.3, -0.25) is 4.79 Å².